The molecule has 34 heavy (non-hydrogen) atoms. The van der Waals surface area contributed by atoms with E-state index in [0.717, 1.165) is 11.1 Å². The minimum Gasteiger partial charge on any atom is -0.497 e. The summed E-state index contributed by atoms with van der Waals surface area (Å²) in [7, 11) is 5.94. The van der Waals surface area contributed by atoms with Crippen molar-refractivity contribution in [2.45, 2.75) is 20.4 Å². The minimum absolute atomic E-state index is 0.164. The Morgan fingerprint density at radius 1 is 0.912 bits per heavy atom. The molecule has 0 aliphatic rings. The third kappa shape index (κ3) is 8.03. The molecule has 0 aliphatic carbocycles. The number of carbonyl (C=O) groups is 2. The maximum Gasteiger partial charge on any atom is 0.325 e. The molecule has 0 aliphatic heterocycles. The zero-order valence-corrected chi connectivity index (χ0v) is 20.6. The van der Waals surface area contributed by atoms with Crippen molar-refractivity contribution >= 4 is 18.0 Å². The molecular weight excluding hydrogens is 438 g/mol. The molecule has 0 bridgehead atoms. The fraction of sp³-hybridized carbons (Fsp3) is 0.385. The number of rotatable bonds is 12. The lowest BCUT2D eigenvalue weighted by Crippen LogP contribution is -2.34. The summed E-state index contributed by atoms with van der Waals surface area (Å²) in [5.74, 6) is 1.89. The highest BCUT2D eigenvalue weighted by molar-refractivity contribution is 5.93. The molecule has 0 radical (unpaired) electrons. The summed E-state index contributed by atoms with van der Waals surface area (Å²) in [6, 6.07) is 10.7. The molecule has 0 saturated carbocycles. The number of amides is 1. The predicted octanol–water partition coefficient (Wildman–Crippen LogP) is 3.96. The Morgan fingerprint density at radius 3 is 2.15 bits per heavy atom. The Hall–Kier alpha value is -3.68. The van der Waals surface area contributed by atoms with E-state index in [0.29, 0.717) is 35.5 Å². The highest BCUT2D eigenvalue weighted by Crippen LogP contribution is 2.29. The molecule has 0 spiro atoms. The molecular formula is C26H33NO7. The first kappa shape index (κ1) is 26.6. The number of nitrogens with zero attached hydrogens (tertiary/aromatic N) is 1. The van der Waals surface area contributed by atoms with Gasteiger partial charge in [0.15, 0.2) is 11.5 Å². The van der Waals surface area contributed by atoms with Crippen molar-refractivity contribution in [1.82, 2.24) is 4.90 Å². The summed E-state index contributed by atoms with van der Waals surface area (Å²) in [5.41, 5.74) is 1.50. The second kappa shape index (κ2) is 13.1. The van der Waals surface area contributed by atoms with Crippen LogP contribution in [0.15, 0.2) is 42.5 Å². The van der Waals surface area contributed by atoms with Gasteiger partial charge in [0.25, 0.3) is 0 Å². The van der Waals surface area contributed by atoms with Crippen LogP contribution in [0.3, 0.4) is 0 Å². The summed E-state index contributed by atoms with van der Waals surface area (Å²) in [5, 5.41) is 0. The Balaban J connectivity index is 2.23. The third-order valence-electron chi connectivity index (χ3n) is 4.82. The number of ether oxygens (including phenoxy) is 5. The summed E-state index contributed by atoms with van der Waals surface area (Å²) in [4.78, 5) is 26.3. The van der Waals surface area contributed by atoms with Crippen molar-refractivity contribution in [1.29, 1.82) is 0 Å². The average Bonchev–Trinajstić information content (AvgIpc) is 2.85. The second-order valence-electron chi connectivity index (χ2n) is 7.94. The van der Waals surface area contributed by atoms with Crippen molar-refractivity contribution in [3.8, 4) is 23.0 Å². The van der Waals surface area contributed by atoms with Gasteiger partial charge in [-0.1, -0.05) is 19.9 Å². The van der Waals surface area contributed by atoms with E-state index < -0.39 is 5.97 Å². The van der Waals surface area contributed by atoms with Crippen LogP contribution in [-0.2, 0) is 20.9 Å². The van der Waals surface area contributed by atoms with Crippen molar-refractivity contribution in [2.24, 2.45) is 5.92 Å². The predicted molar refractivity (Wildman–Crippen MR) is 129 cm³/mol. The Bertz CT molecular complexity index is 978. The average molecular weight is 472 g/mol. The molecule has 0 atom stereocenters. The van der Waals surface area contributed by atoms with Gasteiger partial charge in [0.05, 0.1) is 35.0 Å². The zero-order chi connectivity index (χ0) is 25.1. The summed E-state index contributed by atoms with van der Waals surface area (Å²) in [6.07, 6.45) is 3.07. The van der Waals surface area contributed by atoms with Crippen molar-refractivity contribution in [3.05, 3.63) is 53.6 Å². The van der Waals surface area contributed by atoms with Crippen LogP contribution in [0, 0.1) is 5.92 Å². The lowest BCUT2D eigenvalue weighted by atomic mass is 10.1. The molecule has 1 amide bonds. The van der Waals surface area contributed by atoms with E-state index in [9.17, 15) is 9.59 Å². The molecule has 0 fully saturated rings. The van der Waals surface area contributed by atoms with Crippen LogP contribution in [0.1, 0.15) is 25.0 Å². The van der Waals surface area contributed by atoms with Crippen molar-refractivity contribution in [3.63, 3.8) is 0 Å². The van der Waals surface area contributed by atoms with Crippen molar-refractivity contribution in [2.75, 3.05) is 41.6 Å². The summed E-state index contributed by atoms with van der Waals surface area (Å²) in [6.45, 7) is 4.66. The fourth-order valence-electron chi connectivity index (χ4n) is 3.05. The van der Waals surface area contributed by atoms with Crippen LogP contribution in [0.4, 0.5) is 0 Å². The highest BCUT2D eigenvalue weighted by atomic mass is 16.5. The maximum atomic E-state index is 13.0. The van der Waals surface area contributed by atoms with Gasteiger partial charge in [-0.15, -0.1) is 0 Å². The van der Waals surface area contributed by atoms with E-state index in [-0.39, 0.29) is 19.0 Å². The van der Waals surface area contributed by atoms with E-state index in [1.54, 1.807) is 57.7 Å². The Morgan fingerprint density at radius 2 is 1.59 bits per heavy atom. The molecule has 2 aromatic carbocycles. The van der Waals surface area contributed by atoms with E-state index >= 15 is 0 Å². The Kier molecular flexibility index (Phi) is 10.3. The van der Waals surface area contributed by atoms with Crippen molar-refractivity contribution < 1.29 is 33.3 Å². The quantitative estimate of drug-likeness (QED) is 0.342. The van der Waals surface area contributed by atoms with Gasteiger partial charge in [0.2, 0.25) is 5.91 Å². The smallest absolute Gasteiger partial charge is 0.325 e. The minimum atomic E-state index is -0.523. The van der Waals surface area contributed by atoms with Gasteiger partial charge < -0.3 is 28.6 Å². The molecule has 184 valence electrons. The van der Waals surface area contributed by atoms with Crippen LogP contribution in [-0.4, -0.2) is 58.4 Å². The van der Waals surface area contributed by atoms with E-state index in [4.69, 9.17) is 23.7 Å². The van der Waals surface area contributed by atoms with Crippen LogP contribution in [0.25, 0.3) is 6.08 Å². The molecule has 0 aromatic heterocycles. The largest absolute Gasteiger partial charge is 0.497 e. The number of methoxy groups -OCH3 is 4. The van der Waals surface area contributed by atoms with Gasteiger partial charge in [-0.05, 0) is 47.4 Å². The number of esters is 1. The fourth-order valence-corrected chi connectivity index (χ4v) is 3.05. The van der Waals surface area contributed by atoms with Gasteiger partial charge >= 0.3 is 5.97 Å². The summed E-state index contributed by atoms with van der Waals surface area (Å²) < 4.78 is 26.6. The SMILES string of the molecule is COC(=O)CN(Cc1cc(OC)cc(OC)c1)C(=O)/C=C/c1ccc(OCC(C)C)c(OC)c1. The first-order chi connectivity index (χ1) is 16.3. The monoisotopic (exact) mass is 471 g/mol. The number of benzene rings is 2. The van der Waals surface area contributed by atoms with Crippen LogP contribution in [0.5, 0.6) is 23.0 Å². The van der Waals surface area contributed by atoms with E-state index in [1.807, 2.05) is 6.07 Å². The number of carbonyl (C=O) groups excluding carboxylic acids is 2. The van der Waals surface area contributed by atoms with Gasteiger partial charge in [0.1, 0.15) is 18.0 Å². The highest BCUT2D eigenvalue weighted by Gasteiger charge is 2.17. The molecule has 8 nitrogen and oxygen atoms in total. The molecule has 0 saturated heterocycles. The first-order valence-electron chi connectivity index (χ1n) is 10.9. The molecule has 8 heteroatoms. The van der Waals surface area contributed by atoms with Gasteiger partial charge in [0, 0.05) is 18.7 Å². The topological polar surface area (TPSA) is 83.5 Å². The molecule has 0 N–H and O–H groups in total. The standard InChI is InChI=1S/C26H33NO7/c1-18(2)17-34-23-9-7-19(13-24(23)32-5)8-10-25(28)27(16-26(29)33-6)15-20-11-21(30-3)14-22(12-20)31-4/h7-14,18H,15-17H2,1-6H3/b10-8+. The second-order valence-corrected chi connectivity index (χ2v) is 7.94. The lowest BCUT2D eigenvalue weighted by molar-refractivity contribution is -0.145. The maximum absolute atomic E-state index is 13.0. The van der Waals surface area contributed by atoms with Crippen LogP contribution in [0.2, 0.25) is 0 Å². The molecule has 2 rings (SSSR count). The van der Waals surface area contributed by atoms with E-state index in [1.165, 1.54) is 18.1 Å². The summed E-state index contributed by atoms with van der Waals surface area (Å²) >= 11 is 0. The lowest BCUT2D eigenvalue weighted by Gasteiger charge is -2.21. The van der Waals surface area contributed by atoms with Gasteiger partial charge in [-0.2, -0.15) is 0 Å². The van der Waals surface area contributed by atoms with Crippen LogP contribution < -0.4 is 18.9 Å². The van der Waals surface area contributed by atoms with Crippen LogP contribution >= 0.6 is 0 Å². The molecule has 0 unspecified atom stereocenters. The van der Waals surface area contributed by atoms with Gasteiger partial charge in [-0.25, -0.2) is 0 Å². The normalized spacial score (nSPS) is 10.8. The number of hydrogen-bond acceptors (Lipinski definition) is 7. The van der Waals surface area contributed by atoms with Gasteiger partial charge in [-0.3, -0.25) is 9.59 Å². The zero-order valence-electron chi connectivity index (χ0n) is 20.6. The Labute approximate surface area is 201 Å². The van der Waals surface area contributed by atoms with E-state index in [2.05, 4.69) is 13.8 Å². The number of hydrogen-bond donors (Lipinski definition) is 0. The molecule has 2 aromatic rings. The first-order valence-corrected chi connectivity index (χ1v) is 10.9. The third-order valence-corrected chi connectivity index (χ3v) is 4.82. The molecule has 0 heterocycles.